The van der Waals surface area contributed by atoms with Gasteiger partial charge in [-0.1, -0.05) is 13.8 Å². The Morgan fingerprint density at radius 1 is 0.826 bits per heavy atom. The lowest BCUT2D eigenvalue weighted by Crippen LogP contribution is -2.33. The van der Waals surface area contributed by atoms with E-state index in [0.29, 0.717) is 6.10 Å². The molecule has 0 aromatic heterocycles. The molecule has 2 fully saturated rings. The molecule has 2 aliphatic carbocycles. The molecular formula is C20H38O3. The number of hydrogen-bond acceptors (Lipinski definition) is 3. The van der Waals surface area contributed by atoms with Crippen LogP contribution in [0.2, 0.25) is 0 Å². The molecule has 3 heteroatoms. The maximum Gasteiger partial charge on any atom is 0.155 e. The van der Waals surface area contributed by atoms with Crippen molar-refractivity contribution in [1.82, 2.24) is 0 Å². The van der Waals surface area contributed by atoms with E-state index in [4.69, 9.17) is 9.47 Å². The first kappa shape index (κ1) is 19.2. The van der Waals surface area contributed by atoms with Crippen molar-refractivity contribution in [3.05, 3.63) is 0 Å². The first-order valence-electron chi connectivity index (χ1n) is 9.96. The van der Waals surface area contributed by atoms with Crippen LogP contribution in [0.3, 0.4) is 0 Å². The summed E-state index contributed by atoms with van der Waals surface area (Å²) in [5.41, 5.74) is 0. The standard InChI is InChI=1S/C20H38O3/c1-5-22-16(4)23-20-12-8-18(9-13-20)15(3)14(2)17-6-10-19(21)11-7-17/h14-21H,5-13H2,1-4H3. The van der Waals surface area contributed by atoms with E-state index in [1.165, 1.54) is 38.5 Å². The highest BCUT2D eigenvalue weighted by Crippen LogP contribution is 2.41. The minimum absolute atomic E-state index is 0.0336. The molecular weight excluding hydrogens is 288 g/mol. The second-order valence-electron chi connectivity index (χ2n) is 7.98. The zero-order chi connectivity index (χ0) is 16.8. The number of aliphatic hydroxyl groups excluding tert-OH is 1. The second kappa shape index (κ2) is 9.39. The number of hydrogen-bond donors (Lipinski definition) is 1. The van der Waals surface area contributed by atoms with Gasteiger partial charge in [0, 0.05) is 6.61 Å². The fraction of sp³-hybridized carbons (Fsp3) is 1.00. The summed E-state index contributed by atoms with van der Waals surface area (Å²) in [5.74, 6) is 3.24. The molecule has 3 nitrogen and oxygen atoms in total. The molecule has 3 unspecified atom stereocenters. The summed E-state index contributed by atoms with van der Waals surface area (Å²) in [6, 6.07) is 0. The monoisotopic (exact) mass is 326 g/mol. The summed E-state index contributed by atoms with van der Waals surface area (Å²) >= 11 is 0. The highest BCUT2D eigenvalue weighted by Gasteiger charge is 2.33. The summed E-state index contributed by atoms with van der Waals surface area (Å²) in [7, 11) is 0. The van der Waals surface area contributed by atoms with Crippen molar-refractivity contribution in [1.29, 1.82) is 0 Å². The van der Waals surface area contributed by atoms with Gasteiger partial charge in [-0.2, -0.15) is 0 Å². The SMILES string of the molecule is CCOC(C)OC1CCC(C(C)C(C)C2CCC(O)CC2)CC1. The van der Waals surface area contributed by atoms with Crippen molar-refractivity contribution in [3.8, 4) is 0 Å². The summed E-state index contributed by atoms with van der Waals surface area (Å²) in [6.07, 6.45) is 9.71. The highest BCUT2D eigenvalue weighted by molar-refractivity contribution is 4.83. The van der Waals surface area contributed by atoms with E-state index < -0.39 is 0 Å². The number of rotatable bonds is 7. The van der Waals surface area contributed by atoms with Crippen LogP contribution in [0.5, 0.6) is 0 Å². The molecule has 0 bridgehead atoms. The van der Waals surface area contributed by atoms with Crippen LogP contribution in [0.25, 0.3) is 0 Å². The molecule has 1 N–H and O–H groups in total. The lowest BCUT2D eigenvalue weighted by molar-refractivity contribution is -0.166. The molecule has 2 saturated carbocycles. The molecule has 0 spiro atoms. The van der Waals surface area contributed by atoms with Gasteiger partial charge in [0.05, 0.1) is 12.2 Å². The Labute approximate surface area is 143 Å². The third kappa shape index (κ3) is 5.72. The van der Waals surface area contributed by atoms with Gasteiger partial charge in [0.15, 0.2) is 6.29 Å². The van der Waals surface area contributed by atoms with Crippen LogP contribution in [0.15, 0.2) is 0 Å². The minimum atomic E-state index is -0.0634. The van der Waals surface area contributed by atoms with Crippen molar-refractivity contribution < 1.29 is 14.6 Å². The average molecular weight is 327 g/mol. The smallest absolute Gasteiger partial charge is 0.155 e. The van der Waals surface area contributed by atoms with Crippen molar-refractivity contribution in [2.75, 3.05) is 6.61 Å². The average Bonchev–Trinajstić information content (AvgIpc) is 2.55. The van der Waals surface area contributed by atoms with E-state index in [1.54, 1.807) is 0 Å². The van der Waals surface area contributed by atoms with Crippen LogP contribution in [0.1, 0.15) is 79.1 Å². The predicted molar refractivity (Wildman–Crippen MR) is 94.2 cm³/mol. The van der Waals surface area contributed by atoms with Gasteiger partial charge in [0.25, 0.3) is 0 Å². The molecule has 23 heavy (non-hydrogen) atoms. The van der Waals surface area contributed by atoms with Crippen molar-refractivity contribution in [2.45, 2.75) is 97.6 Å². The zero-order valence-corrected chi connectivity index (χ0v) is 15.7. The maximum absolute atomic E-state index is 9.71. The largest absolute Gasteiger partial charge is 0.393 e. The van der Waals surface area contributed by atoms with E-state index in [0.717, 1.165) is 43.1 Å². The van der Waals surface area contributed by atoms with Crippen LogP contribution >= 0.6 is 0 Å². The van der Waals surface area contributed by atoms with E-state index in [-0.39, 0.29) is 12.4 Å². The topological polar surface area (TPSA) is 38.7 Å². The molecule has 2 rings (SSSR count). The first-order chi connectivity index (χ1) is 11.0. The molecule has 136 valence electrons. The molecule has 0 aromatic carbocycles. The Morgan fingerprint density at radius 2 is 1.30 bits per heavy atom. The molecule has 0 radical (unpaired) electrons. The van der Waals surface area contributed by atoms with Gasteiger partial charge in [-0.15, -0.1) is 0 Å². The van der Waals surface area contributed by atoms with Crippen molar-refractivity contribution in [3.63, 3.8) is 0 Å². The Balaban J connectivity index is 1.73. The van der Waals surface area contributed by atoms with Gasteiger partial charge >= 0.3 is 0 Å². The molecule has 0 saturated heterocycles. The summed E-state index contributed by atoms with van der Waals surface area (Å²) < 4.78 is 11.5. The Morgan fingerprint density at radius 3 is 1.78 bits per heavy atom. The quantitative estimate of drug-likeness (QED) is 0.685. The third-order valence-corrected chi connectivity index (χ3v) is 6.56. The predicted octanol–water partition coefficient (Wildman–Crippen LogP) is 4.77. The number of aliphatic hydroxyl groups is 1. The van der Waals surface area contributed by atoms with E-state index >= 15 is 0 Å². The fourth-order valence-corrected chi connectivity index (χ4v) is 4.78. The summed E-state index contributed by atoms with van der Waals surface area (Å²) in [5, 5.41) is 9.71. The Kier molecular flexibility index (Phi) is 7.84. The van der Waals surface area contributed by atoms with Crippen LogP contribution < -0.4 is 0 Å². The van der Waals surface area contributed by atoms with Crippen LogP contribution in [-0.4, -0.2) is 30.2 Å². The van der Waals surface area contributed by atoms with Crippen LogP contribution in [0.4, 0.5) is 0 Å². The molecule has 3 atom stereocenters. The summed E-state index contributed by atoms with van der Waals surface area (Å²) in [4.78, 5) is 0. The molecule has 0 aromatic rings. The van der Waals surface area contributed by atoms with Crippen LogP contribution in [0, 0.1) is 23.7 Å². The Hall–Kier alpha value is -0.120. The number of ether oxygens (including phenoxy) is 2. The van der Waals surface area contributed by atoms with Crippen molar-refractivity contribution in [2.24, 2.45) is 23.7 Å². The van der Waals surface area contributed by atoms with Gasteiger partial charge in [0.2, 0.25) is 0 Å². The fourth-order valence-electron chi connectivity index (χ4n) is 4.78. The van der Waals surface area contributed by atoms with Gasteiger partial charge in [-0.25, -0.2) is 0 Å². The van der Waals surface area contributed by atoms with Crippen LogP contribution in [-0.2, 0) is 9.47 Å². The Bertz CT molecular complexity index is 317. The molecule has 2 aliphatic rings. The van der Waals surface area contributed by atoms with E-state index in [1.807, 2.05) is 13.8 Å². The van der Waals surface area contributed by atoms with Gasteiger partial charge in [0.1, 0.15) is 0 Å². The van der Waals surface area contributed by atoms with Gasteiger partial charge < -0.3 is 14.6 Å². The maximum atomic E-state index is 9.71. The van der Waals surface area contributed by atoms with Gasteiger partial charge in [-0.05, 0) is 88.9 Å². The van der Waals surface area contributed by atoms with E-state index in [9.17, 15) is 5.11 Å². The molecule has 0 heterocycles. The van der Waals surface area contributed by atoms with Gasteiger partial charge in [-0.3, -0.25) is 0 Å². The summed E-state index contributed by atoms with van der Waals surface area (Å²) in [6.45, 7) is 9.67. The van der Waals surface area contributed by atoms with E-state index in [2.05, 4.69) is 13.8 Å². The highest BCUT2D eigenvalue weighted by atomic mass is 16.7. The zero-order valence-electron chi connectivity index (χ0n) is 15.7. The molecule has 0 aliphatic heterocycles. The lowest BCUT2D eigenvalue weighted by atomic mass is 9.68. The van der Waals surface area contributed by atoms with Crippen molar-refractivity contribution >= 4 is 0 Å². The normalized spacial score (nSPS) is 36.4. The lowest BCUT2D eigenvalue weighted by Gasteiger charge is -2.39. The molecule has 0 amide bonds. The minimum Gasteiger partial charge on any atom is -0.393 e. The third-order valence-electron chi connectivity index (χ3n) is 6.56. The first-order valence-corrected chi connectivity index (χ1v) is 9.96. The second-order valence-corrected chi connectivity index (χ2v) is 7.98.